The lowest BCUT2D eigenvalue weighted by Gasteiger charge is -2.15. The van der Waals surface area contributed by atoms with Crippen molar-refractivity contribution in [2.75, 3.05) is 7.11 Å². The number of carbonyl (C=O) groups is 1. The summed E-state index contributed by atoms with van der Waals surface area (Å²) in [4.78, 5) is 14.7. The normalized spacial score (nSPS) is 11.3. The first kappa shape index (κ1) is 15.9. The van der Waals surface area contributed by atoms with Crippen molar-refractivity contribution in [1.29, 1.82) is 0 Å². The Kier molecular flexibility index (Phi) is 5.32. The molecular weight excluding hydrogens is 385 g/mol. The molecule has 9 heteroatoms. The molecule has 1 aromatic heterocycles. The maximum Gasteiger partial charge on any atom is 0.573 e. The van der Waals surface area contributed by atoms with Crippen LogP contribution in [0.4, 0.5) is 17.6 Å². The van der Waals surface area contributed by atoms with E-state index in [4.69, 9.17) is 0 Å². The van der Waals surface area contributed by atoms with Crippen LogP contribution in [0.2, 0.25) is 0 Å². The lowest BCUT2D eigenvalue weighted by Crippen LogP contribution is -2.21. The highest BCUT2D eigenvalue weighted by Gasteiger charge is 2.34. The van der Waals surface area contributed by atoms with E-state index in [2.05, 4.69) is 14.5 Å². The summed E-state index contributed by atoms with van der Waals surface area (Å²) in [5.74, 6) is -1.59. The number of halogens is 5. The van der Waals surface area contributed by atoms with Gasteiger partial charge in [-0.3, -0.25) is 9.78 Å². The molecule has 0 saturated carbocycles. The van der Waals surface area contributed by atoms with Gasteiger partial charge in [0.2, 0.25) is 0 Å². The van der Waals surface area contributed by atoms with E-state index < -0.39 is 31.2 Å². The number of pyridine rings is 1. The largest absolute Gasteiger partial charge is 0.573 e. The lowest BCUT2D eigenvalue weighted by molar-refractivity contribution is -0.275. The Bertz CT molecular complexity index is 479. The molecule has 106 valence electrons. The minimum Gasteiger partial charge on any atom is -0.469 e. The quantitative estimate of drug-likeness (QED) is 0.449. The van der Waals surface area contributed by atoms with Crippen molar-refractivity contribution in [3.8, 4) is 5.75 Å². The molecule has 0 amide bonds. The third-order valence-electron chi connectivity index (χ3n) is 2.05. The summed E-state index contributed by atoms with van der Waals surface area (Å²) in [6, 6.07) is 0. The van der Waals surface area contributed by atoms with Crippen LogP contribution in [0.1, 0.15) is 11.3 Å². The molecule has 0 bridgehead atoms. The van der Waals surface area contributed by atoms with Gasteiger partial charge in [0.15, 0.2) is 5.75 Å². The molecule has 4 nitrogen and oxygen atoms in total. The fourth-order valence-corrected chi connectivity index (χ4v) is 1.78. The second-order valence-electron chi connectivity index (χ2n) is 3.29. The molecule has 0 spiro atoms. The lowest BCUT2D eigenvalue weighted by atomic mass is 10.1. The van der Waals surface area contributed by atoms with E-state index in [1.807, 2.05) is 0 Å². The zero-order valence-corrected chi connectivity index (χ0v) is 11.7. The third kappa shape index (κ3) is 4.48. The molecule has 0 aliphatic carbocycles. The first-order chi connectivity index (χ1) is 8.78. The molecular formula is C10H8F4INO3. The molecule has 0 unspecified atom stereocenters. The first-order valence-electron chi connectivity index (χ1n) is 4.83. The summed E-state index contributed by atoms with van der Waals surface area (Å²) >= 11 is 1.63. The summed E-state index contributed by atoms with van der Waals surface area (Å²) in [5, 5.41) is 0. The van der Waals surface area contributed by atoms with Gasteiger partial charge in [-0.25, -0.2) is 4.39 Å². The second-order valence-corrected chi connectivity index (χ2v) is 4.46. The number of hydrogen-bond acceptors (Lipinski definition) is 4. The Labute approximate surface area is 119 Å². The number of rotatable bonds is 4. The fraction of sp³-hybridized carbons (Fsp3) is 0.400. The van der Waals surface area contributed by atoms with Gasteiger partial charge >= 0.3 is 12.3 Å². The number of nitrogens with zero attached hydrogens (tertiary/aromatic N) is 1. The van der Waals surface area contributed by atoms with Crippen molar-refractivity contribution < 1.29 is 31.8 Å². The van der Waals surface area contributed by atoms with Crippen LogP contribution in [0, 0.1) is 3.57 Å². The monoisotopic (exact) mass is 393 g/mol. The van der Waals surface area contributed by atoms with Crippen LogP contribution >= 0.6 is 22.6 Å². The summed E-state index contributed by atoms with van der Waals surface area (Å²) in [6.45, 7) is -1.17. The van der Waals surface area contributed by atoms with Gasteiger partial charge in [-0.15, -0.1) is 13.2 Å². The first-order valence-corrected chi connectivity index (χ1v) is 5.91. The molecule has 1 heterocycles. The third-order valence-corrected chi connectivity index (χ3v) is 2.98. The summed E-state index contributed by atoms with van der Waals surface area (Å²) in [7, 11) is 1.08. The highest BCUT2D eigenvalue weighted by molar-refractivity contribution is 14.1. The van der Waals surface area contributed by atoms with Gasteiger partial charge in [-0.05, 0) is 22.6 Å². The molecule has 0 N–H and O–H groups in total. The Morgan fingerprint density at radius 3 is 2.58 bits per heavy atom. The Hall–Kier alpha value is -1.13. The van der Waals surface area contributed by atoms with Crippen LogP contribution in [0.3, 0.4) is 0 Å². The van der Waals surface area contributed by atoms with Crippen molar-refractivity contribution in [3.63, 3.8) is 0 Å². The highest BCUT2D eigenvalue weighted by atomic mass is 127. The zero-order chi connectivity index (χ0) is 14.6. The minimum absolute atomic E-state index is 0.174. The molecule has 0 aliphatic rings. The van der Waals surface area contributed by atoms with Crippen LogP contribution in [0.25, 0.3) is 0 Å². The van der Waals surface area contributed by atoms with E-state index in [0.717, 1.165) is 13.3 Å². The average molecular weight is 393 g/mol. The predicted octanol–water partition coefficient (Wildman–Crippen LogP) is 2.77. The number of hydrogen-bond donors (Lipinski definition) is 0. The van der Waals surface area contributed by atoms with Gasteiger partial charge < -0.3 is 9.47 Å². The number of methoxy groups -OCH3 is 1. The number of ether oxygens (including phenoxy) is 2. The number of alkyl halides is 4. The molecule has 0 radical (unpaired) electrons. The van der Waals surface area contributed by atoms with E-state index in [-0.39, 0.29) is 14.8 Å². The van der Waals surface area contributed by atoms with Crippen LogP contribution in [-0.2, 0) is 22.6 Å². The molecule has 0 aliphatic heterocycles. The number of carbonyl (C=O) groups excluding carboxylic acids is 1. The fourth-order valence-electron chi connectivity index (χ4n) is 1.25. The molecule has 1 aromatic rings. The maximum atomic E-state index is 12.8. The Morgan fingerprint density at radius 1 is 1.47 bits per heavy atom. The minimum atomic E-state index is -5.00. The molecule has 0 saturated heterocycles. The summed E-state index contributed by atoms with van der Waals surface area (Å²) in [5.41, 5.74) is -0.621. The van der Waals surface area contributed by atoms with E-state index in [0.29, 0.717) is 0 Å². The van der Waals surface area contributed by atoms with Crippen molar-refractivity contribution >= 4 is 28.6 Å². The zero-order valence-electron chi connectivity index (χ0n) is 9.55. The van der Waals surface area contributed by atoms with Crippen molar-refractivity contribution in [3.05, 3.63) is 21.0 Å². The maximum absolute atomic E-state index is 12.8. The Balaban J connectivity index is 3.25. The molecule has 0 fully saturated rings. The second kappa shape index (κ2) is 6.35. The standard InChI is InChI=1S/C10H8F4INO3/c1-18-8(17)2-7-9(19-10(12,13)14)5(3-11)6(15)4-16-7/h4H,2-3H2,1H3. The molecule has 0 aromatic carbocycles. The molecule has 19 heavy (non-hydrogen) atoms. The highest BCUT2D eigenvalue weighted by Crippen LogP contribution is 2.32. The van der Waals surface area contributed by atoms with Gasteiger partial charge in [-0.1, -0.05) is 0 Å². The van der Waals surface area contributed by atoms with Crippen molar-refractivity contribution in [1.82, 2.24) is 4.98 Å². The molecule has 1 rings (SSSR count). The van der Waals surface area contributed by atoms with E-state index in [1.54, 1.807) is 22.6 Å². The smallest absolute Gasteiger partial charge is 0.469 e. The SMILES string of the molecule is COC(=O)Cc1ncc(I)c(CF)c1OC(F)(F)F. The van der Waals surface area contributed by atoms with E-state index in [9.17, 15) is 22.4 Å². The van der Waals surface area contributed by atoms with Gasteiger partial charge in [0.25, 0.3) is 0 Å². The summed E-state index contributed by atoms with van der Waals surface area (Å²) < 4.78 is 58.0. The van der Waals surface area contributed by atoms with Gasteiger partial charge in [0, 0.05) is 15.3 Å². The molecule has 0 atom stereocenters. The Morgan fingerprint density at radius 2 is 2.11 bits per heavy atom. The predicted molar refractivity (Wildman–Crippen MR) is 64.2 cm³/mol. The van der Waals surface area contributed by atoms with Crippen molar-refractivity contribution in [2.24, 2.45) is 0 Å². The van der Waals surface area contributed by atoms with E-state index >= 15 is 0 Å². The topological polar surface area (TPSA) is 48.4 Å². The van der Waals surface area contributed by atoms with Crippen LogP contribution in [0.15, 0.2) is 6.20 Å². The van der Waals surface area contributed by atoms with Gasteiger partial charge in [0.1, 0.15) is 6.67 Å². The average Bonchev–Trinajstić information content (AvgIpc) is 2.31. The van der Waals surface area contributed by atoms with Gasteiger partial charge in [0.05, 0.1) is 19.2 Å². The number of aromatic nitrogens is 1. The van der Waals surface area contributed by atoms with E-state index in [1.165, 1.54) is 0 Å². The van der Waals surface area contributed by atoms with Crippen LogP contribution in [-0.4, -0.2) is 24.4 Å². The van der Waals surface area contributed by atoms with Gasteiger partial charge in [-0.2, -0.15) is 0 Å². The van der Waals surface area contributed by atoms with Crippen molar-refractivity contribution in [2.45, 2.75) is 19.5 Å². The van der Waals surface area contributed by atoms with Crippen LogP contribution < -0.4 is 4.74 Å². The summed E-state index contributed by atoms with van der Waals surface area (Å²) in [6.07, 6.45) is -4.37. The van der Waals surface area contributed by atoms with Crippen LogP contribution in [0.5, 0.6) is 5.75 Å². The number of esters is 1.